The molecule has 212 valence electrons. The van der Waals surface area contributed by atoms with Crippen molar-refractivity contribution in [3.63, 3.8) is 0 Å². The third kappa shape index (κ3) is 7.31. The van der Waals surface area contributed by atoms with Crippen molar-refractivity contribution in [2.24, 2.45) is 0 Å². The SMILES string of the molecule is CNC(=O)C(Cc1ccccc1)N(Cc1ccc(Cl)cc1)C(=O)CN(c1ccccc1F)S(=O)(=O)c1ccccc1. The maximum Gasteiger partial charge on any atom is 0.264 e. The third-order valence-corrected chi connectivity index (χ3v) is 8.54. The molecule has 0 aliphatic rings. The Bertz CT molecular complexity index is 1590. The molecule has 0 aliphatic carbocycles. The van der Waals surface area contributed by atoms with Crippen LogP contribution in [-0.4, -0.2) is 44.8 Å². The maximum atomic E-state index is 15.0. The van der Waals surface area contributed by atoms with Gasteiger partial charge in [0.2, 0.25) is 11.8 Å². The number of nitrogens with zero attached hydrogens (tertiary/aromatic N) is 2. The van der Waals surface area contributed by atoms with Crippen LogP contribution < -0.4 is 9.62 Å². The van der Waals surface area contributed by atoms with Gasteiger partial charge >= 0.3 is 0 Å². The molecule has 4 aromatic carbocycles. The molecule has 4 rings (SSSR count). The summed E-state index contributed by atoms with van der Waals surface area (Å²) in [5, 5.41) is 3.12. The first kappa shape index (κ1) is 29.8. The molecular formula is C31H29ClFN3O4S. The number of benzene rings is 4. The van der Waals surface area contributed by atoms with Crippen LogP contribution in [0.25, 0.3) is 0 Å². The van der Waals surface area contributed by atoms with Crippen LogP contribution in [0.15, 0.2) is 114 Å². The number of likely N-dealkylation sites (N-methyl/N-ethyl adjacent to an activating group) is 1. The molecule has 1 unspecified atom stereocenters. The van der Waals surface area contributed by atoms with E-state index in [0.717, 1.165) is 15.9 Å². The number of rotatable bonds is 11. The van der Waals surface area contributed by atoms with E-state index in [0.29, 0.717) is 10.6 Å². The van der Waals surface area contributed by atoms with Crippen molar-refractivity contribution < 1.29 is 22.4 Å². The second-order valence-electron chi connectivity index (χ2n) is 9.24. The molecule has 1 atom stereocenters. The summed E-state index contributed by atoms with van der Waals surface area (Å²) in [6.45, 7) is -0.758. The second kappa shape index (κ2) is 13.4. The quantitative estimate of drug-likeness (QED) is 0.263. The Hall–Kier alpha value is -4.21. The van der Waals surface area contributed by atoms with Crippen molar-refractivity contribution in [2.75, 3.05) is 17.9 Å². The van der Waals surface area contributed by atoms with Gasteiger partial charge in [-0.15, -0.1) is 0 Å². The Morgan fingerprint density at radius 3 is 2.02 bits per heavy atom. The second-order valence-corrected chi connectivity index (χ2v) is 11.5. The van der Waals surface area contributed by atoms with E-state index < -0.39 is 40.2 Å². The highest BCUT2D eigenvalue weighted by atomic mass is 35.5. The predicted molar refractivity (Wildman–Crippen MR) is 157 cm³/mol. The van der Waals surface area contributed by atoms with Crippen molar-refractivity contribution in [1.29, 1.82) is 0 Å². The molecule has 2 amide bonds. The number of carbonyl (C=O) groups is 2. The number of anilines is 1. The molecular weight excluding hydrogens is 565 g/mol. The normalized spacial score (nSPS) is 11.9. The summed E-state index contributed by atoms with van der Waals surface area (Å²) in [5.41, 5.74) is 1.20. The minimum Gasteiger partial charge on any atom is -0.357 e. The summed E-state index contributed by atoms with van der Waals surface area (Å²) in [4.78, 5) is 28.6. The minimum atomic E-state index is -4.37. The van der Waals surface area contributed by atoms with E-state index in [1.807, 2.05) is 30.3 Å². The summed E-state index contributed by atoms with van der Waals surface area (Å²) in [6, 6.07) is 27.8. The van der Waals surface area contributed by atoms with Gasteiger partial charge in [-0.3, -0.25) is 13.9 Å². The maximum absolute atomic E-state index is 15.0. The van der Waals surface area contributed by atoms with E-state index in [1.165, 1.54) is 42.3 Å². The van der Waals surface area contributed by atoms with Crippen molar-refractivity contribution in [2.45, 2.75) is 23.9 Å². The molecule has 41 heavy (non-hydrogen) atoms. The van der Waals surface area contributed by atoms with Crippen molar-refractivity contribution in [3.05, 3.63) is 131 Å². The zero-order valence-corrected chi connectivity index (χ0v) is 23.9. The first-order valence-electron chi connectivity index (χ1n) is 12.8. The molecule has 1 N–H and O–H groups in total. The fourth-order valence-electron chi connectivity index (χ4n) is 4.39. The molecule has 4 aromatic rings. The fourth-order valence-corrected chi connectivity index (χ4v) is 5.96. The first-order chi connectivity index (χ1) is 19.7. The van der Waals surface area contributed by atoms with Crippen molar-refractivity contribution in [3.8, 4) is 0 Å². The van der Waals surface area contributed by atoms with Crippen LogP contribution in [0.2, 0.25) is 5.02 Å². The molecule has 0 spiro atoms. The van der Waals surface area contributed by atoms with E-state index in [9.17, 15) is 18.0 Å². The summed E-state index contributed by atoms with van der Waals surface area (Å²) in [6.07, 6.45) is 0.172. The number of sulfonamides is 1. The highest BCUT2D eigenvalue weighted by Gasteiger charge is 2.35. The average molecular weight is 594 g/mol. The van der Waals surface area contributed by atoms with E-state index in [4.69, 9.17) is 11.6 Å². The Kier molecular flexibility index (Phi) is 9.75. The van der Waals surface area contributed by atoms with E-state index in [2.05, 4.69) is 5.32 Å². The largest absolute Gasteiger partial charge is 0.357 e. The van der Waals surface area contributed by atoms with Crippen LogP contribution in [0, 0.1) is 5.82 Å². The predicted octanol–water partition coefficient (Wildman–Crippen LogP) is 5.06. The van der Waals surface area contributed by atoms with E-state index in [-0.39, 0.29) is 23.5 Å². The molecule has 0 fully saturated rings. The number of nitrogens with one attached hydrogen (secondary N) is 1. The van der Waals surface area contributed by atoms with Gasteiger partial charge in [0.05, 0.1) is 10.6 Å². The zero-order chi connectivity index (χ0) is 29.4. The minimum absolute atomic E-state index is 0.0164. The Balaban J connectivity index is 1.78. The van der Waals surface area contributed by atoms with E-state index >= 15 is 4.39 Å². The summed E-state index contributed by atoms with van der Waals surface area (Å²) >= 11 is 6.06. The number of halogens is 2. The Morgan fingerprint density at radius 2 is 1.41 bits per heavy atom. The van der Waals surface area contributed by atoms with Gasteiger partial charge in [-0.25, -0.2) is 12.8 Å². The summed E-state index contributed by atoms with van der Waals surface area (Å²) in [7, 11) is -2.90. The Morgan fingerprint density at radius 1 is 0.829 bits per heavy atom. The van der Waals surface area contributed by atoms with Gasteiger partial charge in [-0.1, -0.05) is 84.4 Å². The molecule has 10 heteroatoms. The summed E-state index contributed by atoms with van der Waals surface area (Å²) < 4.78 is 43.4. The average Bonchev–Trinajstić information content (AvgIpc) is 2.99. The molecule has 0 aromatic heterocycles. The smallest absolute Gasteiger partial charge is 0.264 e. The summed E-state index contributed by atoms with van der Waals surface area (Å²) in [5.74, 6) is -1.93. The van der Waals surface area contributed by atoms with Crippen molar-refractivity contribution in [1.82, 2.24) is 10.2 Å². The number of hydrogen-bond acceptors (Lipinski definition) is 4. The third-order valence-electron chi connectivity index (χ3n) is 6.51. The molecule has 0 saturated carbocycles. The van der Waals surface area contributed by atoms with Gasteiger partial charge in [-0.05, 0) is 47.5 Å². The number of hydrogen-bond donors (Lipinski definition) is 1. The zero-order valence-electron chi connectivity index (χ0n) is 22.3. The van der Waals surface area contributed by atoms with Crippen LogP contribution in [0.3, 0.4) is 0 Å². The molecule has 0 saturated heterocycles. The van der Waals surface area contributed by atoms with Crippen LogP contribution >= 0.6 is 11.6 Å². The van der Waals surface area contributed by atoms with Gasteiger partial charge < -0.3 is 10.2 Å². The lowest BCUT2D eigenvalue weighted by Crippen LogP contribution is -2.53. The highest BCUT2D eigenvalue weighted by Crippen LogP contribution is 2.27. The lowest BCUT2D eigenvalue weighted by molar-refractivity contribution is -0.139. The molecule has 0 bridgehead atoms. The standard InChI is InChI=1S/C31H29ClFN3O4S/c1-34-31(38)29(20-23-10-4-2-5-11-23)35(21-24-16-18-25(32)19-17-24)30(37)22-36(28-15-9-8-14-27(28)33)41(39,40)26-12-6-3-7-13-26/h2-19,29H,20-22H2,1H3,(H,34,38). The lowest BCUT2D eigenvalue weighted by atomic mass is 10.0. The van der Waals surface area contributed by atoms with Gasteiger partial charge in [0, 0.05) is 25.0 Å². The van der Waals surface area contributed by atoms with Gasteiger partial charge in [-0.2, -0.15) is 0 Å². The van der Waals surface area contributed by atoms with Crippen LogP contribution in [0.4, 0.5) is 10.1 Å². The number of amides is 2. The van der Waals surface area contributed by atoms with Crippen molar-refractivity contribution >= 4 is 39.1 Å². The van der Waals surface area contributed by atoms with Gasteiger partial charge in [0.25, 0.3) is 10.0 Å². The fraction of sp³-hybridized carbons (Fsp3) is 0.161. The number of para-hydroxylation sites is 1. The first-order valence-corrected chi connectivity index (χ1v) is 14.6. The van der Waals surface area contributed by atoms with Gasteiger partial charge in [0.1, 0.15) is 18.4 Å². The topological polar surface area (TPSA) is 86.8 Å². The molecule has 0 heterocycles. The van der Waals surface area contributed by atoms with Crippen LogP contribution in [-0.2, 0) is 32.6 Å². The van der Waals surface area contributed by atoms with Gasteiger partial charge in [0.15, 0.2) is 0 Å². The van der Waals surface area contributed by atoms with E-state index in [1.54, 1.807) is 42.5 Å². The molecule has 0 radical (unpaired) electrons. The van der Waals surface area contributed by atoms with Crippen LogP contribution in [0.1, 0.15) is 11.1 Å². The Labute approximate surface area is 244 Å². The monoisotopic (exact) mass is 593 g/mol. The highest BCUT2D eigenvalue weighted by molar-refractivity contribution is 7.92. The lowest BCUT2D eigenvalue weighted by Gasteiger charge is -2.33. The molecule has 0 aliphatic heterocycles. The number of carbonyl (C=O) groups excluding carboxylic acids is 2. The molecule has 7 nitrogen and oxygen atoms in total. The van der Waals surface area contributed by atoms with Crippen LogP contribution in [0.5, 0.6) is 0 Å².